The highest BCUT2D eigenvalue weighted by Gasteiger charge is 1.92. The minimum atomic E-state index is -0.0272. The van der Waals surface area contributed by atoms with Crippen LogP contribution >= 0.6 is 31.9 Å². The lowest BCUT2D eigenvalue weighted by atomic mass is 10.5. The summed E-state index contributed by atoms with van der Waals surface area (Å²) in [5.41, 5.74) is -0.0272. The van der Waals surface area contributed by atoms with E-state index in [0.717, 1.165) is 0 Å². The highest BCUT2D eigenvalue weighted by atomic mass is 79.9. The molecule has 0 aromatic carbocycles. The fraction of sp³-hybridized carbons (Fsp3) is 0. The fourth-order valence-electron chi connectivity index (χ4n) is 0.429. The molecule has 48 valence electrons. The molecule has 0 fully saturated rings. The number of pyridine rings is 1. The molecule has 0 aliphatic heterocycles. The first-order valence-corrected chi connectivity index (χ1v) is 3.82. The van der Waals surface area contributed by atoms with Crippen molar-refractivity contribution >= 4 is 31.9 Å². The molecule has 1 heterocycles. The zero-order valence-corrected chi connectivity index (χ0v) is 7.49. The van der Waals surface area contributed by atoms with Gasteiger partial charge >= 0.3 is 0 Å². The van der Waals surface area contributed by atoms with Gasteiger partial charge in [-0.25, -0.2) is 0 Å². The summed E-state index contributed by atoms with van der Waals surface area (Å²) in [5, 5.41) is 0. The first kappa shape index (κ1) is 7.02. The molecular formula is C5H3Br2NO. The van der Waals surface area contributed by atoms with Gasteiger partial charge in [0, 0.05) is 12.3 Å². The molecule has 1 N–H and O–H groups in total. The second-order valence-corrected chi connectivity index (χ2v) is 3.20. The van der Waals surface area contributed by atoms with Crippen LogP contribution in [0.25, 0.3) is 0 Å². The number of hydrogen-bond donors (Lipinski definition) is 1. The molecule has 0 atom stereocenters. The quantitative estimate of drug-likeness (QED) is 0.703. The Morgan fingerprint density at radius 3 is 2.56 bits per heavy atom. The van der Waals surface area contributed by atoms with Gasteiger partial charge in [-0.2, -0.15) is 0 Å². The molecule has 0 aliphatic rings. The number of hydrogen-bond acceptors (Lipinski definition) is 1. The number of rotatable bonds is 0. The number of nitrogens with one attached hydrogen (secondary N) is 1. The summed E-state index contributed by atoms with van der Waals surface area (Å²) in [7, 11) is 0. The molecule has 0 spiro atoms. The third-order valence-electron chi connectivity index (χ3n) is 0.830. The standard InChI is InChI=1S/C5H3Br2NO/c6-3-2-8-5(7)1-4(3)9/h1-2H,(H,8,9). The van der Waals surface area contributed by atoms with Gasteiger partial charge in [-0.15, -0.1) is 0 Å². The lowest BCUT2D eigenvalue weighted by Gasteiger charge is -1.88. The van der Waals surface area contributed by atoms with E-state index >= 15 is 0 Å². The van der Waals surface area contributed by atoms with E-state index in [4.69, 9.17) is 0 Å². The Morgan fingerprint density at radius 2 is 2.11 bits per heavy atom. The molecule has 9 heavy (non-hydrogen) atoms. The molecule has 0 aliphatic carbocycles. The van der Waals surface area contributed by atoms with Crippen LogP contribution in [0.15, 0.2) is 26.1 Å². The summed E-state index contributed by atoms with van der Waals surface area (Å²) in [6.07, 6.45) is 1.59. The molecule has 0 unspecified atom stereocenters. The predicted octanol–water partition coefficient (Wildman–Crippen LogP) is 1.90. The average molecular weight is 253 g/mol. The summed E-state index contributed by atoms with van der Waals surface area (Å²) in [6, 6.07) is 1.46. The summed E-state index contributed by atoms with van der Waals surface area (Å²) in [5.74, 6) is 0. The van der Waals surface area contributed by atoms with Crippen molar-refractivity contribution in [2.45, 2.75) is 0 Å². The Kier molecular flexibility index (Phi) is 2.08. The predicted molar refractivity (Wildman–Crippen MR) is 42.5 cm³/mol. The second kappa shape index (κ2) is 2.66. The third kappa shape index (κ3) is 1.66. The highest BCUT2D eigenvalue weighted by molar-refractivity contribution is 9.11. The molecule has 1 aromatic rings. The Morgan fingerprint density at radius 1 is 1.44 bits per heavy atom. The van der Waals surface area contributed by atoms with E-state index in [1.54, 1.807) is 6.20 Å². The SMILES string of the molecule is O=c1cc(Br)[nH]cc1Br. The molecule has 0 amide bonds. The van der Waals surface area contributed by atoms with E-state index in [2.05, 4.69) is 36.8 Å². The molecule has 0 saturated heterocycles. The Bertz CT molecular complexity index is 268. The van der Waals surface area contributed by atoms with Crippen LogP contribution in [0.4, 0.5) is 0 Å². The number of aromatic nitrogens is 1. The van der Waals surface area contributed by atoms with E-state index in [9.17, 15) is 4.79 Å². The van der Waals surface area contributed by atoms with E-state index in [1.165, 1.54) is 6.07 Å². The van der Waals surface area contributed by atoms with Crippen molar-refractivity contribution in [3.8, 4) is 0 Å². The van der Waals surface area contributed by atoms with Crippen molar-refractivity contribution in [1.82, 2.24) is 4.98 Å². The van der Waals surface area contributed by atoms with Crippen LogP contribution in [0.5, 0.6) is 0 Å². The Balaban J connectivity index is 3.34. The van der Waals surface area contributed by atoms with Gasteiger partial charge in [0.25, 0.3) is 0 Å². The van der Waals surface area contributed by atoms with Gasteiger partial charge in [0.1, 0.15) is 0 Å². The maximum atomic E-state index is 10.7. The van der Waals surface area contributed by atoms with Crippen LogP contribution < -0.4 is 5.43 Å². The minimum absolute atomic E-state index is 0.0272. The summed E-state index contributed by atoms with van der Waals surface area (Å²) in [4.78, 5) is 13.6. The van der Waals surface area contributed by atoms with Crippen LogP contribution in [-0.4, -0.2) is 4.98 Å². The summed E-state index contributed by atoms with van der Waals surface area (Å²) in [6.45, 7) is 0. The van der Waals surface area contributed by atoms with Crippen molar-refractivity contribution < 1.29 is 0 Å². The monoisotopic (exact) mass is 251 g/mol. The van der Waals surface area contributed by atoms with Gasteiger partial charge in [-0.1, -0.05) is 0 Å². The van der Waals surface area contributed by atoms with E-state index < -0.39 is 0 Å². The Hall–Kier alpha value is -0.0900. The first-order chi connectivity index (χ1) is 4.20. The molecule has 0 saturated carbocycles. The van der Waals surface area contributed by atoms with Crippen molar-refractivity contribution in [2.24, 2.45) is 0 Å². The fourth-order valence-corrected chi connectivity index (χ4v) is 0.980. The van der Waals surface area contributed by atoms with Crippen LogP contribution in [0.1, 0.15) is 0 Å². The molecular weight excluding hydrogens is 250 g/mol. The van der Waals surface area contributed by atoms with Gasteiger partial charge in [0.15, 0.2) is 5.43 Å². The first-order valence-electron chi connectivity index (χ1n) is 2.24. The van der Waals surface area contributed by atoms with Gasteiger partial charge in [-0.3, -0.25) is 4.79 Å². The van der Waals surface area contributed by atoms with Gasteiger partial charge in [0.05, 0.1) is 9.08 Å². The Labute approximate surface area is 68.5 Å². The molecule has 1 rings (SSSR count). The summed E-state index contributed by atoms with van der Waals surface area (Å²) >= 11 is 6.18. The van der Waals surface area contributed by atoms with Gasteiger partial charge in [-0.05, 0) is 31.9 Å². The zero-order chi connectivity index (χ0) is 6.85. The lowest BCUT2D eigenvalue weighted by molar-refractivity contribution is 1.23. The smallest absolute Gasteiger partial charge is 0.196 e. The van der Waals surface area contributed by atoms with Crippen LogP contribution in [0.3, 0.4) is 0 Å². The molecule has 4 heteroatoms. The number of H-pyrrole nitrogens is 1. The third-order valence-corrected chi connectivity index (χ3v) is 1.91. The largest absolute Gasteiger partial charge is 0.355 e. The zero-order valence-electron chi connectivity index (χ0n) is 4.32. The maximum Gasteiger partial charge on any atom is 0.196 e. The second-order valence-electron chi connectivity index (χ2n) is 1.49. The molecule has 1 aromatic heterocycles. The van der Waals surface area contributed by atoms with Gasteiger partial charge in [0.2, 0.25) is 0 Å². The van der Waals surface area contributed by atoms with Crippen molar-refractivity contribution in [1.29, 1.82) is 0 Å². The van der Waals surface area contributed by atoms with E-state index in [1.807, 2.05) is 0 Å². The van der Waals surface area contributed by atoms with E-state index in [-0.39, 0.29) is 5.43 Å². The number of aromatic amines is 1. The molecule has 0 bridgehead atoms. The van der Waals surface area contributed by atoms with Crippen LogP contribution in [0, 0.1) is 0 Å². The maximum absolute atomic E-state index is 10.7. The topological polar surface area (TPSA) is 32.9 Å². The normalized spacial score (nSPS) is 9.56. The van der Waals surface area contributed by atoms with E-state index in [0.29, 0.717) is 9.08 Å². The lowest BCUT2D eigenvalue weighted by Crippen LogP contribution is -1.99. The number of halogens is 2. The molecule has 0 radical (unpaired) electrons. The van der Waals surface area contributed by atoms with Gasteiger partial charge < -0.3 is 4.98 Å². The van der Waals surface area contributed by atoms with Crippen molar-refractivity contribution in [2.75, 3.05) is 0 Å². The van der Waals surface area contributed by atoms with Crippen LogP contribution in [-0.2, 0) is 0 Å². The summed E-state index contributed by atoms with van der Waals surface area (Å²) < 4.78 is 1.24. The highest BCUT2D eigenvalue weighted by Crippen LogP contribution is 2.04. The van der Waals surface area contributed by atoms with Crippen molar-refractivity contribution in [3.63, 3.8) is 0 Å². The van der Waals surface area contributed by atoms with Crippen molar-refractivity contribution in [3.05, 3.63) is 31.6 Å². The van der Waals surface area contributed by atoms with Crippen LogP contribution in [0.2, 0.25) is 0 Å². The molecule has 2 nitrogen and oxygen atoms in total. The average Bonchev–Trinajstić information content (AvgIpc) is 1.80. The minimum Gasteiger partial charge on any atom is -0.355 e.